The summed E-state index contributed by atoms with van der Waals surface area (Å²) in [6, 6.07) is 6.29. The maximum Gasteiger partial charge on any atom is 0.239 e. The molecule has 1 aliphatic carbocycles. The molecule has 30 heavy (non-hydrogen) atoms. The maximum atomic E-state index is 13.0. The van der Waals surface area contributed by atoms with Gasteiger partial charge in [0.1, 0.15) is 0 Å². The second-order valence-corrected chi connectivity index (χ2v) is 9.02. The molecule has 6 heteroatoms. The number of anilines is 1. The van der Waals surface area contributed by atoms with Crippen molar-refractivity contribution in [3.63, 3.8) is 0 Å². The number of carbonyl (C=O) groups is 2. The van der Waals surface area contributed by atoms with Crippen molar-refractivity contribution in [3.8, 4) is 0 Å². The largest absolute Gasteiger partial charge is 0.341 e. The van der Waals surface area contributed by atoms with Crippen LogP contribution in [0.4, 0.5) is 5.69 Å². The molecule has 1 N–H and O–H groups in total. The average molecular weight is 415 g/mol. The summed E-state index contributed by atoms with van der Waals surface area (Å²) in [6.07, 6.45) is 6.04. The first-order chi connectivity index (χ1) is 14.4. The monoisotopic (exact) mass is 414 g/mol. The number of carbonyl (C=O) groups excluding carboxylic acids is 2. The fourth-order valence-electron chi connectivity index (χ4n) is 4.69. The van der Waals surface area contributed by atoms with E-state index in [1.165, 1.54) is 24.8 Å². The van der Waals surface area contributed by atoms with Crippen LogP contribution in [0.15, 0.2) is 18.2 Å². The smallest absolute Gasteiger partial charge is 0.239 e. The fourth-order valence-corrected chi connectivity index (χ4v) is 4.69. The van der Waals surface area contributed by atoms with E-state index in [1.807, 2.05) is 37.9 Å². The summed E-state index contributed by atoms with van der Waals surface area (Å²) >= 11 is 0. The van der Waals surface area contributed by atoms with Crippen LogP contribution < -0.4 is 5.32 Å². The van der Waals surface area contributed by atoms with Crippen molar-refractivity contribution in [1.29, 1.82) is 0 Å². The normalized spacial score (nSPS) is 20.0. The van der Waals surface area contributed by atoms with Crippen LogP contribution >= 0.6 is 0 Å². The highest BCUT2D eigenvalue weighted by Gasteiger charge is 2.31. The van der Waals surface area contributed by atoms with Gasteiger partial charge in [0.2, 0.25) is 11.8 Å². The second-order valence-electron chi connectivity index (χ2n) is 9.02. The first kappa shape index (κ1) is 22.8. The number of likely N-dealkylation sites (N-methyl/N-ethyl adjacent to an activating group) is 1. The lowest BCUT2D eigenvalue weighted by molar-refractivity contribution is -0.138. The van der Waals surface area contributed by atoms with Crippen LogP contribution in [0.2, 0.25) is 0 Å². The Labute approximate surface area is 181 Å². The fraction of sp³-hybridized carbons (Fsp3) is 0.667. The Morgan fingerprint density at radius 1 is 1.10 bits per heavy atom. The first-order valence-corrected chi connectivity index (χ1v) is 11.5. The Morgan fingerprint density at radius 2 is 1.77 bits per heavy atom. The molecule has 2 aliphatic rings. The summed E-state index contributed by atoms with van der Waals surface area (Å²) in [5.74, 6) is 0.265. The third-order valence-corrected chi connectivity index (χ3v) is 7.03. The molecule has 2 amide bonds. The zero-order chi connectivity index (χ0) is 21.7. The van der Waals surface area contributed by atoms with Gasteiger partial charge in [-0.05, 0) is 50.8 Å². The van der Waals surface area contributed by atoms with Gasteiger partial charge in [-0.15, -0.1) is 0 Å². The van der Waals surface area contributed by atoms with Crippen LogP contribution in [-0.2, 0) is 9.59 Å². The van der Waals surface area contributed by atoms with Crippen LogP contribution in [0, 0.1) is 13.8 Å². The van der Waals surface area contributed by atoms with E-state index in [0.29, 0.717) is 12.6 Å². The molecule has 1 aromatic rings. The van der Waals surface area contributed by atoms with Gasteiger partial charge >= 0.3 is 0 Å². The molecular formula is C24H38N4O2. The Hall–Kier alpha value is -1.92. The average Bonchev–Trinajstić information content (AvgIpc) is 2.76. The summed E-state index contributed by atoms with van der Waals surface area (Å²) in [5, 5.41) is 3.05. The van der Waals surface area contributed by atoms with Crippen LogP contribution in [0.25, 0.3) is 0 Å². The minimum atomic E-state index is -0.0946. The lowest BCUT2D eigenvalue weighted by Gasteiger charge is -2.40. The molecule has 1 saturated carbocycles. The van der Waals surface area contributed by atoms with Crippen molar-refractivity contribution in [2.24, 2.45) is 0 Å². The van der Waals surface area contributed by atoms with Crippen molar-refractivity contribution in [3.05, 3.63) is 29.3 Å². The van der Waals surface area contributed by atoms with Gasteiger partial charge in [0.05, 0.1) is 12.6 Å². The third-order valence-electron chi connectivity index (χ3n) is 7.03. The Kier molecular flexibility index (Phi) is 7.89. The van der Waals surface area contributed by atoms with Crippen LogP contribution in [0.5, 0.6) is 0 Å². The molecule has 1 aromatic carbocycles. The summed E-state index contributed by atoms with van der Waals surface area (Å²) < 4.78 is 0. The van der Waals surface area contributed by atoms with Crippen molar-refractivity contribution >= 4 is 17.5 Å². The first-order valence-electron chi connectivity index (χ1n) is 11.5. The van der Waals surface area contributed by atoms with E-state index in [-0.39, 0.29) is 17.9 Å². The number of nitrogens with zero attached hydrogens (tertiary/aromatic N) is 3. The lowest BCUT2D eigenvalue weighted by atomic mass is 9.94. The van der Waals surface area contributed by atoms with E-state index in [1.54, 1.807) is 0 Å². The van der Waals surface area contributed by atoms with Gasteiger partial charge in [-0.1, -0.05) is 31.4 Å². The zero-order valence-electron chi connectivity index (χ0n) is 19.1. The topological polar surface area (TPSA) is 55.9 Å². The molecule has 1 heterocycles. The standard InChI is InChI=1S/C24H38N4O2/c1-18-9-8-12-22(19(18)2)25-23(29)17-27-13-15-28(16-14-27)20(3)24(30)26(4)21-10-6-5-7-11-21/h8-9,12,20-21H,5-7,10-11,13-17H2,1-4H3,(H,25,29)/t20-/m0/s1. The van der Waals surface area contributed by atoms with Gasteiger partial charge in [0.15, 0.2) is 0 Å². The maximum absolute atomic E-state index is 13.0. The van der Waals surface area contributed by atoms with Gasteiger partial charge in [-0.3, -0.25) is 19.4 Å². The molecule has 6 nitrogen and oxygen atoms in total. The van der Waals surface area contributed by atoms with Crippen molar-refractivity contribution in [1.82, 2.24) is 14.7 Å². The van der Waals surface area contributed by atoms with E-state index in [2.05, 4.69) is 28.1 Å². The number of nitrogens with one attached hydrogen (secondary N) is 1. The molecule has 0 radical (unpaired) electrons. The zero-order valence-corrected chi connectivity index (χ0v) is 19.1. The molecule has 1 atom stereocenters. The minimum Gasteiger partial charge on any atom is -0.341 e. The summed E-state index contributed by atoms with van der Waals surface area (Å²) in [5.41, 5.74) is 3.19. The number of benzene rings is 1. The molecule has 0 bridgehead atoms. The Balaban J connectivity index is 1.45. The molecule has 0 unspecified atom stereocenters. The van der Waals surface area contributed by atoms with E-state index in [0.717, 1.165) is 50.3 Å². The number of aryl methyl sites for hydroxylation is 1. The van der Waals surface area contributed by atoms with Gasteiger partial charge in [0, 0.05) is 45.0 Å². The predicted octanol–water partition coefficient (Wildman–Crippen LogP) is 3.04. The molecule has 0 spiro atoms. The van der Waals surface area contributed by atoms with Crippen LogP contribution in [-0.4, -0.2) is 78.4 Å². The number of amides is 2. The molecule has 1 aliphatic heterocycles. The van der Waals surface area contributed by atoms with Crippen LogP contribution in [0.1, 0.15) is 50.2 Å². The molecular weight excluding hydrogens is 376 g/mol. The van der Waals surface area contributed by atoms with Gasteiger partial charge in [-0.2, -0.15) is 0 Å². The number of rotatable bonds is 6. The van der Waals surface area contributed by atoms with Crippen molar-refractivity contribution < 1.29 is 9.59 Å². The van der Waals surface area contributed by atoms with Gasteiger partial charge < -0.3 is 10.2 Å². The van der Waals surface area contributed by atoms with Crippen LogP contribution in [0.3, 0.4) is 0 Å². The molecule has 2 fully saturated rings. The molecule has 1 saturated heterocycles. The van der Waals surface area contributed by atoms with E-state index in [4.69, 9.17) is 0 Å². The quantitative estimate of drug-likeness (QED) is 0.777. The highest BCUT2D eigenvalue weighted by atomic mass is 16.2. The van der Waals surface area contributed by atoms with Crippen molar-refractivity contribution in [2.45, 2.75) is 65.0 Å². The van der Waals surface area contributed by atoms with E-state index in [9.17, 15) is 9.59 Å². The second kappa shape index (κ2) is 10.4. The Morgan fingerprint density at radius 3 is 2.43 bits per heavy atom. The number of hydrogen-bond acceptors (Lipinski definition) is 4. The summed E-state index contributed by atoms with van der Waals surface area (Å²) in [4.78, 5) is 31.9. The summed E-state index contributed by atoms with van der Waals surface area (Å²) in [6.45, 7) is 9.78. The number of piperazine rings is 1. The van der Waals surface area contributed by atoms with Gasteiger partial charge in [-0.25, -0.2) is 0 Å². The SMILES string of the molecule is Cc1cccc(NC(=O)CN2CCN([C@@H](C)C(=O)N(C)C3CCCCC3)CC2)c1C. The Bertz CT molecular complexity index is 737. The molecule has 3 rings (SSSR count). The third kappa shape index (κ3) is 5.61. The molecule has 166 valence electrons. The van der Waals surface area contributed by atoms with Gasteiger partial charge in [0.25, 0.3) is 0 Å². The highest BCUT2D eigenvalue weighted by Crippen LogP contribution is 2.23. The molecule has 0 aromatic heterocycles. The van der Waals surface area contributed by atoms with Crippen molar-refractivity contribution in [2.75, 3.05) is 45.1 Å². The lowest BCUT2D eigenvalue weighted by Crippen LogP contribution is -2.56. The minimum absolute atomic E-state index is 0.0262. The highest BCUT2D eigenvalue weighted by molar-refractivity contribution is 5.93. The summed E-state index contributed by atoms with van der Waals surface area (Å²) in [7, 11) is 1.97. The number of hydrogen-bond donors (Lipinski definition) is 1. The van der Waals surface area contributed by atoms with E-state index >= 15 is 0 Å². The predicted molar refractivity (Wildman–Crippen MR) is 122 cm³/mol. The van der Waals surface area contributed by atoms with E-state index < -0.39 is 0 Å².